The molecule has 1 fully saturated rings. The van der Waals surface area contributed by atoms with Gasteiger partial charge in [0.25, 0.3) is 0 Å². The molecule has 0 bridgehead atoms. The van der Waals surface area contributed by atoms with Crippen molar-refractivity contribution in [2.24, 2.45) is 11.3 Å². The lowest BCUT2D eigenvalue weighted by Gasteiger charge is -2.30. The van der Waals surface area contributed by atoms with Crippen LogP contribution in [0.1, 0.15) is 110 Å². The zero-order valence-electron chi connectivity index (χ0n) is 25.5. The molecule has 2 atom stereocenters. The third-order valence-electron chi connectivity index (χ3n) is 7.88. The third-order valence-corrected chi connectivity index (χ3v) is 7.88. The molecule has 0 N–H and O–H groups in total. The minimum absolute atomic E-state index is 0. The Balaban J connectivity index is 0.000000853. The van der Waals surface area contributed by atoms with Gasteiger partial charge in [0, 0.05) is 32.0 Å². The first-order chi connectivity index (χ1) is 18.7. The molecular formula is C36H54O3. The molecule has 216 valence electrons. The number of rotatable bonds is 11. The molecule has 0 saturated heterocycles. The van der Waals surface area contributed by atoms with Crippen molar-refractivity contribution in [3.63, 3.8) is 0 Å². The average Bonchev–Trinajstić information content (AvgIpc) is 3.17. The maximum Gasteiger partial charge on any atom is 0.139 e. The predicted octanol–water partition coefficient (Wildman–Crippen LogP) is 9.27. The summed E-state index contributed by atoms with van der Waals surface area (Å²) >= 11 is 0. The van der Waals surface area contributed by atoms with Crippen molar-refractivity contribution in [3.8, 4) is 0 Å². The molecule has 2 aromatic carbocycles. The summed E-state index contributed by atoms with van der Waals surface area (Å²) in [5, 5.41) is 0. The molecular weight excluding hydrogens is 480 g/mol. The maximum absolute atomic E-state index is 13.2. The van der Waals surface area contributed by atoms with Crippen molar-refractivity contribution < 1.29 is 15.8 Å². The number of carbonyl (C=O) groups is 3. The number of allylic oxidation sites excluding steroid dienone is 1. The number of carbonyl (C=O) groups excluding carboxylic acids is 3. The van der Waals surface area contributed by atoms with Gasteiger partial charge in [0.1, 0.15) is 17.3 Å². The van der Waals surface area contributed by atoms with Crippen LogP contribution in [0, 0.1) is 18.3 Å². The van der Waals surface area contributed by atoms with Gasteiger partial charge in [-0.15, -0.1) is 6.58 Å². The SMILES string of the molecule is C=CCC1(C(=O)CCc2ccccc2C)CCCC(C(=O)CC)CC1.CC.CCc1ccc(CC(C)=O)cc1.[HH]. The van der Waals surface area contributed by atoms with Crippen molar-refractivity contribution in [1.29, 1.82) is 0 Å². The molecule has 2 unspecified atom stereocenters. The van der Waals surface area contributed by atoms with Crippen LogP contribution in [0.4, 0.5) is 0 Å². The van der Waals surface area contributed by atoms with Crippen LogP contribution in [-0.2, 0) is 33.6 Å². The van der Waals surface area contributed by atoms with E-state index in [0.29, 0.717) is 30.8 Å². The summed E-state index contributed by atoms with van der Waals surface area (Å²) in [5.74, 6) is 1.10. The molecule has 1 aliphatic rings. The van der Waals surface area contributed by atoms with E-state index in [-0.39, 0.29) is 18.5 Å². The maximum atomic E-state index is 13.2. The molecule has 3 nitrogen and oxygen atoms in total. The standard InChI is InChI=1S/C23H32O2.C11H14O.C2H6.H2/c1-4-15-23(16-8-11-20(14-17-23)21(24)5-2)22(25)13-12-19-10-7-6-9-18(19)3;1-3-10-4-6-11(7-5-10)8-9(2)12;1-2;/h4,6-7,9-10,20H,1,5,8,11-17H2,2-3H3;4-7H,3,8H2,1-2H3;1-2H3;1H. The van der Waals surface area contributed by atoms with Crippen LogP contribution < -0.4 is 0 Å². The molecule has 3 rings (SSSR count). The van der Waals surface area contributed by atoms with E-state index in [2.05, 4.69) is 44.7 Å². The van der Waals surface area contributed by atoms with E-state index in [0.717, 1.165) is 56.9 Å². The Morgan fingerprint density at radius 1 is 0.974 bits per heavy atom. The summed E-state index contributed by atoms with van der Waals surface area (Å²) in [6.07, 6.45) is 10.8. The molecule has 0 amide bonds. The molecule has 1 saturated carbocycles. The van der Waals surface area contributed by atoms with E-state index in [1.165, 1.54) is 16.7 Å². The molecule has 0 heterocycles. The highest BCUT2D eigenvalue weighted by Gasteiger charge is 2.39. The second kappa shape index (κ2) is 18.5. The predicted molar refractivity (Wildman–Crippen MR) is 167 cm³/mol. The fourth-order valence-electron chi connectivity index (χ4n) is 5.47. The van der Waals surface area contributed by atoms with Crippen LogP contribution in [0.5, 0.6) is 0 Å². The molecule has 2 aromatic rings. The number of hydrogen-bond acceptors (Lipinski definition) is 3. The van der Waals surface area contributed by atoms with Gasteiger partial charge >= 0.3 is 0 Å². The van der Waals surface area contributed by atoms with Gasteiger partial charge in [-0.1, -0.05) is 88.7 Å². The molecule has 0 spiro atoms. The first kappa shape index (κ1) is 34.2. The van der Waals surface area contributed by atoms with Crippen molar-refractivity contribution in [1.82, 2.24) is 0 Å². The topological polar surface area (TPSA) is 51.2 Å². The second-order valence-electron chi connectivity index (χ2n) is 10.6. The Labute approximate surface area is 240 Å². The first-order valence-electron chi connectivity index (χ1n) is 15.0. The first-order valence-corrected chi connectivity index (χ1v) is 15.0. The fraction of sp³-hybridized carbons (Fsp3) is 0.528. The number of aryl methyl sites for hydroxylation is 3. The van der Waals surface area contributed by atoms with Gasteiger partial charge in [0.2, 0.25) is 0 Å². The van der Waals surface area contributed by atoms with Gasteiger partial charge in [0.15, 0.2) is 0 Å². The van der Waals surface area contributed by atoms with Crippen LogP contribution in [0.3, 0.4) is 0 Å². The Kier molecular flexibility index (Phi) is 16.2. The molecule has 1 aliphatic carbocycles. The van der Waals surface area contributed by atoms with E-state index >= 15 is 0 Å². The molecule has 39 heavy (non-hydrogen) atoms. The normalized spacial score (nSPS) is 18.4. The van der Waals surface area contributed by atoms with Gasteiger partial charge in [-0.25, -0.2) is 0 Å². The number of hydrogen-bond donors (Lipinski definition) is 0. The second-order valence-corrected chi connectivity index (χ2v) is 10.6. The van der Waals surface area contributed by atoms with Crippen LogP contribution in [-0.4, -0.2) is 17.3 Å². The summed E-state index contributed by atoms with van der Waals surface area (Å²) in [4.78, 5) is 36.0. The highest BCUT2D eigenvalue weighted by atomic mass is 16.1. The lowest BCUT2D eigenvalue weighted by molar-refractivity contribution is -0.130. The third kappa shape index (κ3) is 11.4. The molecule has 0 aliphatic heterocycles. The zero-order chi connectivity index (χ0) is 29.3. The van der Waals surface area contributed by atoms with Crippen LogP contribution in [0.25, 0.3) is 0 Å². The summed E-state index contributed by atoms with van der Waals surface area (Å²) < 4.78 is 0. The highest BCUT2D eigenvalue weighted by molar-refractivity contribution is 5.86. The smallest absolute Gasteiger partial charge is 0.139 e. The summed E-state index contributed by atoms with van der Waals surface area (Å²) in [7, 11) is 0. The highest BCUT2D eigenvalue weighted by Crippen LogP contribution is 2.42. The summed E-state index contributed by atoms with van der Waals surface area (Å²) in [5.41, 5.74) is 4.65. The van der Waals surface area contributed by atoms with Crippen molar-refractivity contribution in [2.75, 3.05) is 0 Å². The van der Waals surface area contributed by atoms with Crippen molar-refractivity contribution >= 4 is 17.3 Å². The van der Waals surface area contributed by atoms with Gasteiger partial charge < -0.3 is 0 Å². The molecule has 0 radical (unpaired) electrons. The van der Waals surface area contributed by atoms with E-state index in [4.69, 9.17) is 0 Å². The molecule has 3 heteroatoms. The Hall–Kier alpha value is -2.81. The van der Waals surface area contributed by atoms with E-state index in [1.54, 1.807) is 6.92 Å². The number of Topliss-reactive ketones (excluding diaryl/α,β-unsaturated/α-hetero) is 3. The van der Waals surface area contributed by atoms with E-state index in [1.807, 2.05) is 51.1 Å². The number of benzene rings is 2. The summed E-state index contributed by atoms with van der Waals surface area (Å²) in [6, 6.07) is 16.5. The van der Waals surface area contributed by atoms with Crippen molar-refractivity contribution in [3.05, 3.63) is 83.4 Å². The Bertz CT molecular complexity index is 1040. The van der Waals surface area contributed by atoms with Crippen molar-refractivity contribution in [2.45, 2.75) is 112 Å². The van der Waals surface area contributed by atoms with Gasteiger partial charge in [-0.3, -0.25) is 14.4 Å². The minimum Gasteiger partial charge on any atom is -0.300 e. The molecule has 0 aromatic heterocycles. The Morgan fingerprint density at radius 2 is 1.62 bits per heavy atom. The number of ketones is 3. The van der Waals surface area contributed by atoms with Crippen LogP contribution in [0.15, 0.2) is 61.2 Å². The van der Waals surface area contributed by atoms with E-state index in [9.17, 15) is 14.4 Å². The van der Waals surface area contributed by atoms with Crippen LogP contribution in [0.2, 0.25) is 0 Å². The quantitative estimate of drug-likeness (QED) is 0.213. The monoisotopic (exact) mass is 534 g/mol. The van der Waals surface area contributed by atoms with Crippen LogP contribution >= 0.6 is 0 Å². The lowest BCUT2D eigenvalue weighted by Crippen LogP contribution is -2.31. The van der Waals surface area contributed by atoms with Gasteiger partial charge in [-0.05, 0) is 81.0 Å². The zero-order valence-corrected chi connectivity index (χ0v) is 25.5. The largest absolute Gasteiger partial charge is 0.300 e. The fourth-order valence-corrected chi connectivity index (χ4v) is 5.47. The summed E-state index contributed by atoms with van der Waals surface area (Å²) in [6.45, 7) is 15.7. The lowest BCUT2D eigenvalue weighted by atomic mass is 9.72. The van der Waals surface area contributed by atoms with Gasteiger partial charge in [-0.2, -0.15) is 0 Å². The minimum atomic E-state index is -0.298. The van der Waals surface area contributed by atoms with E-state index < -0.39 is 0 Å². The average molecular weight is 535 g/mol. The Morgan fingerprint density at radius 3 is 2.18 bits per heavy atom. The van der Waals surface area contributed by atoms with Gasteiger partial charge in [0.05, 0.1) is 0 Å².